The van der Waals surface area contributed by atoms with Crippen molar-refractivity contribution < 1.29 is 0 Å². The predicted octanol–water partition coefficient (Wildman–Crippen LogP) is 3.16. The highest BCUT2D eigenvalue weighted by molar-refractivity contribution is 5.57. The lowest BCUT2D eigenvalue weighted by Crippen LogP contribution is -2.20. The first-order valence-electron chi connectivity index (χ1n) is 6.94. The molecule has 106 valence electrons. The number of aromatic nitrogens is 2. The fourth-order valence-corrected chi connectivity index (χ4v) is 2.33. The minimum Gasteiger partial charge on any atom is -0.370 e. The van der Waals surface area contributed by atoms with E-state index in [2.05, 4.69) is 72.3 Å². The summed E-state index contributed by atoms with van der Waals surface area (Å²) in [6.07, 6.45) is 1.62. The second-order valence-corrected chi connectivity index (χ2v) is 5.05. The molecule has 4 heteroatoms. The molecule has 1 aromatic heterocycles. The summed E-state index contributed by atoms with van der Waals surface area (Å²) in [6.45, 7) is 7.93. The predicted molar refractivity (Wildman–Crippen MR) is 84.2 cm³/mol. The second-order valence-electron chi connectivity index (χ2n) is 5.05. The van der Waals surface area contributed by atoms with Crippen molar-refractivity contribution in [2.45, 2.75) is 27.3 Å². The van der Waals surface area contributed by atoms with Gasteiger partial charge in [-0.25, -0.2) is 9.97 Å². The van der Waals surface area contributed by atoms with E-state index in [0.717, 1.165) is 30.3 Å². The fourth-order valence-electron chi connectivity index (χ4n) is 2.33. The minimum absolute atomic E-state index is 0.838. The zero-order valence-electron chi connectivity index (χ0n) is 12.6. The molecule has 0 unspecified atom stereocenters. The fraction of sp³-hybridized carbons (Fsp3) is 0.375. The number of nitrogens with zero attached hydrogens (tertiary/aromatic N) is 3. The minimum atomic E-state index is 0.838. The normalized spacial score (nSPS) is 10.4. The highest BCUT2D eigenvalue weighted by Crippen LogP contribution is 2.22. The summed E-state index contributed by atoms with van der Waals surface area (Å²) in [4.78, 5) is 10.9. The third-order valence-electron chi connectivity index (χ3n) is 3.27. The molecule has 1 aromatic carbocycles. The number of hydrogen-bond acceptors (Lipinski definition) is 4. The van der Waals surface area contributed by atoms with Crippen LogP contribution in [0.5, 0.6) is 0 Å². The first kappa shape index (κ1) is 14.3. The molecule has 0 saturated carbocycles. The van der Waals surface area contributed by atoms with Crippen LogP contribution in [0.1, 0.15) is 23.6 Å². The molecule has 4 nitrogen and oxygen atoms in total. The lowest BCUT2D eigenvalue weighted by atomic mass is 10.1. The van der Waals surface area contributed by atoms with Crippen LogP contribution in [0.15, 0.2) is 30.6 Å². The van der Waals surface area contributed by atoms with Gasteiger partial charge in [0.05, 0.1) is 0 Å². The Bertz CT molecular complexity index is 580. The molecule has 0 spiro atoms. The van der Waals surface area contributed by atoms with E-state index in [1.807, 2.05) is 0 Å². The van der Waals surface area contributed by atoms with E-state index in [1.165, 1.54) is 11.1 Å². The molecular weight excluding hydrogens is 248 g/mol. The van der Waals surface area contributed by atoms with Gasteiger partial charge >= 0.3 is 0 Å². The van der Waals surface area contributed by atoms with Crippen LogP contribution in [0.3, 0.4) is 0 Å². The maximum absolute atomic E-state index is 4.41. The lowest BCUT2D eigenvalue weighted by molar-refractivity contribution is 0.880. The number of hydrogen-bond donors (Lipinski definition) is 1. The van der Waals surface area contributed by atoms with Crippen molar-refractivity contribution in [2.75, 3.05) is 23.8 Å². The van der Waals surface area contributed by atoms with E-state index in [1.54, 1.807) is 6.33 Å². The zero-order chi connectivity index (χ0) is 14.5. The lowest BCUT2D eigenvalue weighted by Gasteiger charge is -2.21. The molecule has 20 heavy (non-hydrogen) atoms. The van der Waals surface area contributed by atoms with Crippen molar-refractivity contribution in [2.24, 2.45) is 0 Å². The topological polar surface area (TPSA) is 41.1 Å². The van der Waals surface area contributed by atoms with Crippen LogP contribution in [0, 0.1) is 13.8 Å². The highest BCUT2D eigenvalue weighted by atomic mass is 15.2. The Morgan fingerprint density at radius 1 is 1.20 bits per heavy atom. The highest BCUT2D eigenvalue weighted by Gasteiger charge is 2.11. The first-order valence-corrected chi connectivity index (χ1v) is 6.94. The van der Waals surface area contributed by atoms with E-state index >= 15 is 0 Å². The van der Waals surface area contributed by atoms with Gasteiger partial charge in [-0.15, -0.1) is 0 Å². The molecule has 0 saturated heterocycles. The SMILES string of the molecule is CCNc1ncnc(N(C)Cc2cccc(C)c2)c1C. The van der Waals surface area contributed by atoms with E-state index in [4.69, 9.17) is 0 Å². The Labute approximate surface area is 120 Å². The molecule has 0 aliphatic heterocycles. The van der Waals surface area contributed by atoms with Gasteiger partial charge in [0.1, 0.15) is 18.0 Å². The summed E-state index contributed by atoms with van der Waals surface area (Å²) in [5.74, 6) is 1.88. The van der Waals surface area contributed by atoms with E-state index in [0.29, 0.717) is 0 Å². The number of rotatable bonds is 5. The average molecular weight is 270 g/mol. The van der Waals surface area contributed by atoms with E-state index < -0.39 is 0 Å². The molecule has 0 bridgehead atoms. The molecule has 0 atom stereocenters. The molecule has 2 aromatic rings. The largest absolute Gasteiger partial charge is 0.370 e. The molecule has 0 radical (unpaired) electrons. The quantitative estimate of drug-likeness (QED) is 0.906. The van der Waals surface area contributed by atoms with Crippen molar-refractivity contribution in [3.63, 3.8) is 0 Å². The standard InChI is InChI=1S/C16H22N4/c1-5-17-15-13(3)16(19-11-18-15)20(4)10-14-8-6-7-12(2)9-14/h6-9,11H,5,10H2,1-4H3,(H,17,18,19). The Balaban J connectivity index is 2.21. The van der Waals surface area contributed by atoms with Gasteiger partial charge < -0.3 is 10.2 Å². The van der Waals surface area contributed by atoms with Gasteiger partial charge in [-0.3, -0.25) is 0 Å². The Morgan fingerprint density at radius 3 is 2.70 bits per heavy atom. The summed E-state index contributed by atoms with van der Waals surface area (Å²) >= 11 is 0. The third kappa shape index (κ3) is 3.26. The summed E-state index contributed by atoms with van der Waals surface area (Å²) in [5, 5.41) is 3.27. The van der Waals surface area contributed by atoms with Crippen LogP contribution in [0.2, 0.25) is 0 Å². The molecule has 1 heterocycles. The first-order chi connectivity index (χ1) is 9.61. The third-order valence-corrected chi connectivity index (χ3v) is 3.27. The van der Waals surface area contributed by atoms with Crippen molar-refractivity contribution in [1.29, 1.82) is 0 Å². The van der Waals surface area contributed by atoms with E-state index in [9.17, 15) is 0 Å². The Morgan fingerprint density at radius 2 is 2.00 bits per heavy atom. The monoisotopic (exact) mass is 270 g/mol. The molecule has 0 aliphatic rings. The van der Waals surface area contributed by atoms with Gasteiger partial charge in [0.25, 0.3) is 0 Å². The summed E-state index contributed by atoms with van der Waals surface area (Å²) in [6, 6.07) is 8.56. The number of aryl methyl sites for hydroxylation is 1. The number of benzene rings is 1. The maximum Gasteiger partial charge on any atom is 0.137 e. The van der Waals surface area contributed by atoms with Gasteiger partial charge in [0, 0.05) is 25.7 Å². The molecule has 2 rings (SSSR count). The maximum atomic E-state index is 4.41. The van der Waals surface area contributed by atoms with Crippen molar-refractivity contribution in [3.8, 4) is 0 Å². The average Bonchev–Trinajstić information content (AvgIpc) is 2.41. The zero-order valence-corrected chi connectivity index (χ0v) is 12.6. The van der Waals surface area contributed by atoms with Crippen LogP contribution in [0.4, 0.5) is 11.6 Å². The van der Waals surface area contributed by atoms with Crippen LogP contribution in [-0.4, -0.2) is 23.6 Å². The summed E-state index contributed by atoms with van der Waals surface area (Å²) in [7, 11) is 2.06. The van der Waals surface area contributed by atoms with Gasteiger partial charge in [0.15, 0.2) is 0 Å². The molecule has 0 amide bonds. The van der Waals surface area contributed by atoms with Gasteiger partial charge in [-0.2, -0.15) is 0 Å². The summed E-state index contributed by atoms with van der Waals surface area (Å²) in [5.41, 5.74) is 3.66. The van der Waals surface area contributed by atoms with Gasteiger partial charge in [-0.1, -0.05) is 29.8 Å². The Kier molecular flexibility index (Phi) is 4.56. The van der Waals surface area contributed by atoms with Crippen molar-refractivity contribution >= 4 is 11.6 Å². The van der Waals surface area contributed by atoms with E-state index in [-0.39, 0.29) is 0 Å². The van der Waals surface area contributed by atoms with Gasteiger partial charge in [-0.05, 0) is 26.3 Å². The smallest absolute Gasteiger partial charge is 0.137 e. The molecule has 0 aliphatic carbocycles. The molecule has 1 N–H and O–H groups in total. The summed E-state index contributed by atoms with van der Waals surface area (Å²) < 4.78 is 0. The van der Waals surface area contributed by atoms with Crippen LogP contribution in [-0.2, 0) is 6.54 Å². The van der Waals surface area contributed by atoms with Crippen molar-refractivity contribution in [3.05, 3.63) is 47.3 Å². The van der Waals surface area contributed by atoms with Gasteiger partial charge in [0.2, 0.25) is 0 Å². The van der Waals surface area contributed by atoms with Crippen LogP contribution < -0.4 is 10.2 Å². The van der Waals surface area contributed by atoms with Crippen LogP contribution in [0.25, 0.3) is 0 Å². The molecular formula is C16H22N4. The van der Waals surface area contributed by atoms with Crippen LogP contribution >= 0.6 is 0 Å². The Hall–Kier alpha value is -2.10. The number of anilines is 2. The molecule has 0 fully saturated rings. The second kappa shape index (κ2) is 6.37. The van der Waals surface area contributed by atoms with Crippen molar-refractivity contribution in [1.82, 2.24) is 9.97 Å². The number of nitrogens with one attached hydrogen (secondary N) is 1.